The molecule has 0 unspecified atom stereocenters. The third kappa shape index (κ3) is 3.83. The Labute approximate surface area is 184 Å². The van der Waals surface area contributed by atoms with Crippen molar-refractivity contribution >= 4 is 5.69 Å². The molecule has 0 aliphatic carbocycles. The number of hydrogen-bond donors (Lipinski definition) is 2. The number of ether oxygens (including phenoxy) is 1. The molecule has 4 rings (SSSR count). The number of anilines is 1. The number of benzene rings is 2. The number of rotatable bonds is 5. The van der Waals surface area contributed by atoms with Gasteiger partial charge in [-0.05, 0) is 36.6 Å². The lowest BCUT2D eigenvalue weighted by molar-refractivity contribution is 0.296. The topological polar surface area (TPSA) is 128 Å². The Morgan fingerprint density at radius 1 is 1.22 bits per heavy atom. The zero-order chi connectivity index (χ0) is 22.8. The second-order valence-corrected chi connectivity index (χ2v) is 7.55. The molecule has 0 spiro atoms. The van der Waals surface area contributed by atoms with Crippen molar-refractivity contribution < 1.29 is 9.94 Å². The minimum atomic E-state index is -0.834. The van der Waals surface area contributed by atoms with Crippen LogP contribution in [0.3, 0.4) is 0 Å². The molecule has 3 aromatic rings. The van der Waals surface area contributed by atoms with E-state index in [0.29, 0.717) is 24.2 Å². The van der Waals surface area contributed by atoms with Crippen molar-refractivity contribution in [1.82, 2.24) is 4.57 Å². The summed E-state index contributed by atoms with van der Waals surface area (Å²) in [7, 11) is 0. The molecule has 2 heterocycles. The lowest BCUT2D eigenvalue weighted by atomic mass is 9.84. The third-order valence-electron chi connectivity index (χ3n) is 5.58. The first kappa shape index (κ1) is 21.2. The number of pyridine rings is 1. The van der Waals surface area contributed by atoms with Crippen molar-refractivity contribution in [1.29, 1.82) is 5.26 Å². The molecular weight excluding hydrogens is 408 g/mol. The fourth-order valence-electron chi connectivity index (χ4n) is 4.01. The van der Waals surface area contributed by atoms with Gasteiger partial charge in [0.15, 0.2) is 0 Å². The molecule has 2 aromatic carbocycles. The largest absolute Gasteiger partial charge is 0.733 e. The summed E-state index contributed by atoms with van der Waals surface area (Å²) in [6, 6.07) is 19.7. The maximum absolute atomic E-state index is 13.6. The summed E-state index contributed by atoms with van der Waals surface area (Å²) < 4.78 is 7.29. The van der Waals surface area contributed by atoms with Crippen LogP contribution in [0.15, 0.2) is 76.9 Å². The molecule has 8 nitrogen and oxygen atoms in total. The average Bonchev–Trinajstić information content (AvgIpc) is 2.78. The second-order valence-electron chi connectivity index (χ2n) is 7.55. The SMILES string of the molecule is Cc1cc2c(c(=O)n1CCc1ccccc1)[C@@H](c1cccc(N([O-])O)c1)C(C#N)=C(N)O2. The van der Waals surface area contributed by atoms with Crippen LogP contribution in [-0.4, -0.2) is 9.77 Å². The van der Waals surface area contributed by atoms with Gasteiger partial charge in [0.05, 0.1) is 17.2 Å². The Morgan fingerprint density at radius 2 is 1.97 bits per heavy atom. The molecule has 3 N–H and O–H groups in total. The first-order chi connectivity index (χ1) is 15.4. The smallest absolute Gasteiger partial charge is 0.258 e. The van der Waals surface area contributed by atoms with E-state index in [-0.39, 0.29) is 39.2 Å². The quantitative estimate of drug-likeness (QED) is 0.596. The van der Waals surface area contributed by atoms with Crippen LogP contribution in [0.1, 0.15) is 28.3 Å². The fourth-order valence-corrected chi connectivity index (χ4v) is 4.01. The van der Waals surface area contributed by atoms with Gasteiger partial charge in [0.1, 0.15) is 17.4 Å². The number of hydrogen-bond acceptors (Lipinski definition) is 7. The number of allylic oxidation sites excluding steroid dienone is 1. The van der Waals surface area contributed by atoms with Gasteiger partial charge in [-0.1, -0.05) is 42.5 Å². The number of aromatic nitrogens is 1. The van der Waals surface area contributed by atoms with Gasteiger partial charge in [-0.15, -0.1) is 0 Å². The van der Waals surface area contributed by atoms with Crippen LogP contribution >= 0.6 is 0 Å². The van der Waals surface area contributed by atoms with E-state index in [9.17, 15) is 20.5 Å². The van der Waals surface area contributed by atoms with Crippen LogP contribution in [0.5, 0.6) is 5.75 Å². The molecule has 1 aliphatic rings. The van der Waals surface area contributed by atoms with E-state index < -0.39 is 5.92 Å². The van der Waals surface area contributed by atoms with Gasteiger partial charge in [0.2, 0.25) is 5.88 Å². The van der Waals surface area contributed by atoms with Gasteiger partial charge in [-0.2, -0.15) is 5.26 Å². The van der Waals surface area contributed by atoms with Crippen molar-refractivity contribution in [2.75, 3.05) is 5.23 Å². The minimum Gasteiger partial charge on any atom is -0.733 e. The molecule has 0 bridgehead atoms. The van der Waals surface area contributed by atoms with Gasteiger partial charge in [-0.3, -0.25) is 10.0 Å². The van der Waals surface area contributed by atoms with Gasteiger partial charge >= 0.3 is 0 Å². The highest BCUT2D eigenvalue weighted by molar-refractivity contribution is 5.58. The van der Waals surface area contributed by atoms with E-state index in [2.05, 4.69) is 0 Å². The molecule has 1 atom stereocenters. The lowest BCUT2D eigenvalue weighted by Gasteiger charge is -2.28. The molecule has 0 amide bonds. The van der Waals surface area contributed by atoms with Gasteiger partial charge in [0, 0.05) is 18.3 Å². The van der Waals surface area contributed by atoms with Crippen LogP contribution in [0.2, 0.25) is 0 Å². The molecular formula is C24H21N4O4-. The highest BCUT2D eigenvalue weighted by atomic mass is 16.8. The van der Waals surface area contributed by atoms with Crippen LogP contribution in [0, 0.1) is 23.5 Å². The van der Waals surface area contributed by atoms with Crippen LogP contribution in [-0.2, 0) is 13.0 Å². The maximum atomic E-state index is 13.6. The highest BCUT2D eigenvalue weighted by Crippen LogP contribution is 2.41. The monoisotopic (exact) mass is 429 g/mol. The predicted octanol–water partition coefficient (Wildman–Crippen LogP) is 3.31. The molecule has 0 radical (unpaired) electrons. The van der Waals surface area contributed by atoms with Crippen molar-refractivity contribution in [3.8, 4) is 11.8 Å². The molecule has 0 fully saturated rings. The number of fused-ring (bicyclic) bond motifs is 1. The summed E-state index contributed by atoms with van der Waals surface area (Å²) in [5.74, 6) is -0.655. The van der Waals surface area contributed by atoms with Gasteiger partial charge in [0.25, 0.3) is 5.56 Å². The summed E-state index contributed by atoms with van der Waals surface area (Å²) in [4.78, 5) is 13.6. The first-order valence-electron chi connectivity index (χ1n) is 10.0. The summed E-state index contributed by atoms with van der Waals surface area (Å²) in [6.07, 6.45) is 0.653. The second kappa shape index (κ2) is 8.59. The van der Waals surface area contributed by atoms with E-state index in [4.69, 9.17) is 10.5 Å². The number of nitriles is 1. The van der Waals surface area contributed by atoms with E-state index >= 15 is 0 Å². The van der Waals surface area contributed by atoms with Gasteiger partial charge < -0.3 is 25.5 Å². The van der Waals surface area contributed by atoms with E-state index in [0.717, 1.165) is 5.56 Å². The Bertz CT molecular complexity index is 1290. The van der Waals surface area contributed by atoms with Crippen molar-refractivity contribution in [2.45, 2.75) is 25.8 Å². The Kier molecular flexibility index (Phi) is 5.69. The molecule has 0 saturated heterocycles. The predicted molar refractivity (Wildman–Crippen MR) is 119 cm³/mol. The summed E-state index contributed by atoms with van der Waals surface area (Å²) in [6.45, 7) is 2.26. The lowest BCUT2D eigenvalue weighted by Crippen LogP contribution is -2.33. The zero-order valence-electron chi connectivity index (χ0n) is 17.4. The molecule has 1 aliphatic heterocycles. The fraction of sp³-hybridized carbons (Fsp3) is 0.167. The van der Waals surface area contributed by atoms with E-state index in [1.54, 1.807) is 22.8 Å². The molecule has 1 aromatic heterocycles. The molecule has 0 saturated carbocycles. The Balaban J connectivity index is 1.85. The number of nitrogens with two attached hydrogens (primary N) is 1. The average molecular weight is 429 g/mol. The van der Waals surface area contributed by atoms with E-state index in [1.807, 2.05) is 43.3 Å². The Hall–Kier alpha value is -4.06. The Morgan fingerprint density at radius 3 is 2.66 bits per heavy atom. The molecule has 8 heteroatoms. The minimum absolute atomic E-state index is 0.0251. The van der Waals surface area contributed by atoms with Crippen LogP contribution in [0.4, 0.5) is 5.69 Å². The molecule has 162 valence electrons. The van der Waals surface area contributed by atoms with Crippen LogP contribution < -0.4 is 21.3 Å². The highest BCUT2D eigenvalue weighted by Gasteiger charge is 2.34. The third-order valence-corrected chi connectivity index (χ3v) is 5.58. The zero-order valence-corrected chi connectivity index (χ0v) is 17.4. The van der Waals surface area contributed by atoms with Crippen molar-refractivity contribution in [3.05, 3.63) is 110 Å². The summed E-state index contributed by atoms with van der Waals surface area (Å²) in [5, 5.41) is 30.2. The van der Waals surface area contributed by atoms with Crippen molar-refractivity contribution in [3.63, 3.8) is 0 Å². The number of aryl methyl sites for hydroxylation is 2. The standard InChI is InChI=1S/C24H21N4O4/c1-15-12-20-22(24(29)27(15)11-10-16-6-3-2-4-7-16)21(19(14-25)23(26)32-20)17-8-5-9-18(13-17)28(30)31/h2-9,12-13,21,30H,10-11,26H2,1H3/q-1/t21-/m0/s1. The maximum Gasteiger partial charge on any atom is 0.258 e. The molecule has 32 heavy (non-hydrogen) atoms. The van der Waals surface area contributed by atoms with Crippen LogP contribution in [0.25, 0.3) is 0 Å². The van der Waals surface area contributed by atoms with Crippen molar-refractivity contribution in [2.24, 2.45) is 5.73 Å². The summed E-state index contributed by atoms with van der Waals surface area (Å²) >= 11 is 0. The van der Waals surface area contributed by atoms with E-state index in [1.165, 1.54) is 12.1 Å². The van der Waals surface area contributed by atoms with Gasteiger partial charge in [-0.25, -0.2) is 0 Å². The summed E-state index contributed by atoms with van der Waals surface area (Å²) in [5.41, 5.74) is 8.29. The normalized spacial score (nSPS) is 15.0. The first-order valence-corrected chi connectivity index (χ1v) is 10.0. The number of nitrogens with zero attached hydrogens (tertiary/aromatic N) is 3.